The first-order valence-electron chi connectivity index (χ1n) is 5.62. The molecule has 2 unspecified atom stereocenters. The highest BCUT2D eigenvalue weighted by atomic mass is 16.5. The van der Waals surface area contributed by atoms with Gasteiger partial charge in [0.15, 0.2) is 0 Å². The summed E-state index contributed by atoms with van der Waals surface area (Å²) in [5.74, 6) is -0.939. The zero-order valence-corrected chi connectivity index (χ0v) is 8.74. The van der Waals surface area contributed by atoms with E-state index in [0.717, 1.165) is 25.7 Å². The molecule has 84 valence electrons. The van der Waals surface area contributed by atoms with Crippen LogP contribution in [0.25, 0.3) is 0 Å². The van der Waals surface area contributed by atoms with Gasteiger partial charge in [-0.1, -0.05) is 12.8 Å². The molecule has 0 bridgehead atoms. The molecule has 2 aliphatic rings. The van der Waals surface area contributed by atoms with Crippen molar-refractivity contribution in [3.05, 3.63) is 0 Å². The summed E-state index contributed by atoms with van der Waals surface area (Å²) in [7, 11) is 0. The molecule has 1 saturated heterocycles. The molecule has 0 spiro atoms. The Balaban J connectivity index is 2.13. The Labute approximate surface area is 88.9 Å². The average molecular weight is 212 g/mol. The van der Waals surface area contributed by atoms with Crippen molar-refractivity contribution in [2.45, 2.75) is 32.1 Å². The van der Waals surface area contributed by atoms with E-state index >= 15 is 0 Å². The van der Waals surface area contributed by atoms with Crippen LogP contribution in [0.5, 0.6) is 0 Å². The summed E-state index contributed by atoms with van der Waals surface area (Å²) >= 11 is 0. The molecular weight excluding hydrogens is 196 g/mol. The molecule has 1 aliphatic heterocycles. The van der Waals surface area contributed by atoms with Gasteiger partial charge in [-0.3, -0.25) is 9.59 Å². The molecule has 0 aromatic carbocycles. The van der Waals surface area contributed by atoms with E-state index in [9.17, 15) is 9.59 Å². The minimum atomic E-state index is -0.260. The Morgan fingerprint density at radius 1 is 0.800 bits per heavy atom. The molecule has 4 nitrogen and oxygen atoms in total. The first-order chi connectivity index (χ1) is 7.29. The molecule has 1 heterocycles. The Kier molecular flexibility index (Phi) is 3.23. The van der Waals surface area contributed by atoms with E-state index in [2.05, 4.69) is 0 Å². The third kappa shape index (κ3) is 2.30. The molecule has 2 atom stereocenters. The summed E-state index contributed by atoms with van der Waals surface area (Å²) < 4.78 is 10.2. The van der Waals surface area contributed by atoms with E-state index in [0.29, 0.717) is 19.6 Å². The monoisotopic (exact) mass is 212 g/mol. The highest BCUT2D eigenvalue weighted by molar-refractivity contribution is 5.82. The van der Waals surface area contributed by atoms with Gasteiger partial charge in [0.25, 0.3) is 0 Å². The molecule has 1 aliphatic carbocycles. The zero-order valence-electron chi connectivity index (χ0n) is 8.74. The average Bonchev–Trinajstić information content (AvgIpc) is 2.33. The standard InChI is InChI=1S/C11H16O4/c12-10-8-4-1-2-5-9(8)11(13)15-7-3-6-14-10/h8-9H,1-7H2. The van der Waals surface area contributed by atoms with E-state index in [4.69, 9.17) is 9.47 Å². The van der Waals surface area contributed by atoms with Crippen LogP contribution in [0, 0.1) is 11.8 Å². The Bertz CT molecular complexity index is 235. The van der Waals surface area contributed by atoms with Crippen LogP contribution in [0.15, 0.2) is 0 Å². The van der Waals surface area contributed by atoms with E-state index in [1.54, 1.807) is 0 Å². The lowest BCUT2D eigenvalue weighted by molar-refractivity contribution is -0.159. The smallest absolute Gasteiger partial charge is 0.309 e. The molecule has 0 amide bonds. The fourth-order valence-corrected chi connectivity index (χ4v) is 2.31. The summed E-state index contributed by atoms with van der Waals surface area (Å²) in [6, 6.07) is 0. The second-order valence-corrected chi connectivity index (χ2v) is 4.19. The molecule has 1 saturated carbocycles. The molecule has 2 fully saturated rings. The van der Waals surface area contributed by atoms with E-state index in [-0.39, 0.29) is 23.8 Å². The van der Waals surface area contributed by atoms with Crippen LogP contribution < -0.4 is 0 Å². The van der Waals surface area contributed by atoms with Crippen LogP contribution in [0.3, 0.4) is 0 Å². The number of fused-ring (bicyclic) bond motifs is 1. The number of hydrogen-bond donors (Lipinski definition) is 0. The van der Waals surface area contributed by atoms with Crippen molar-refractivity contribution in [3.63, 3.8) is 0 Å². The molecule has 0 N–H and O–H groups in total. The Morgan fingerprint density at radius 3 is 1.73 bits per heavy atom. The number of rotatable bonds is 0. The summed E-state index contributed by atoms with van der Waals surface area (Å²) in [5.41, 5.74) is 0. The van der Waals surface area contributed by atoms with Gasteiger partial charge in [0.1, 0.15) is 0 Å². The fourth-order valence-electron chi connectivity index (χ4n) is 2.31. The van der Waals surface area contributed by atoms with Crippen molar-refractivity contribution in [1.82, 2.24) is 0 Å². The van der Waals surface area contributed by atoms with Crippen molar-refractivity contribution in [1.29, 1.82) is 0 Å². The minimum Gasteiger partial charge on any atom is -0.465 e. The summed E-state index contributed by atoms with van der Waals surface area (Å²) in [5, 5.41) is 0. The summed E-state index contributed by atoms with van der Waals surface area (Å²) in [6.45, 7) is 0.741. The highest BCUT2D eigenvalue weighted by Crippen LogP contribution is 2.32. The number of carbonyl (C=O) groups excluding carboxylic acids is 2. The molecule has 0 radical (unpaired) electrons. The molecule has 15 heavy (non-hydrogen) atoms. The van der Waals surface area contributed by atoms with Crippen molar-refractivity contribution >= 4 is 11.9 Å². The number of hydrogen-bond acceptors (Lipinski definition) is 4. The third-order valence-electron chi connectivity index (χ3n) is 3.15. The molecule has 0 aromatic heterocycles. The SMILES string of the molecule is O=C1OCCCOC(=O)C2CCCCC12. The third-order valence-corrected chi connectivity index (χ3v) is 3.15. The molecule has 4 heteroatoms. The number of ether oxygens (including phenoxy) is 2. The predicted octanol–water partition coefficient (Wildman–Crippen LogP) is 1.28. The maximum Gasteiger partial charge on any atom is 0.309 e. The topological polar surface area (TPSA) is 52.6 Å². The predicted molar refractivity (Wildman–Crippen MR) is 52.0 cm³/mol. The normalized spacial score (nSPS) is 32.8. The first-order valence-corrected chi connectivity index (χ1v) is 5.62. The van der Waals surface area contributed by atoms with Crippen LogP contribution >= 0.6 is 0 Å². The van der Waals surface area contributed by atoms with Crippen molar-refractivity contribution in [3.8, 4) is 0 Å². The van der Waals surface area contributed by atoms with Crippen LogP contribution in [0.4, 0.5) is 0 Å². The van der Waals surface area contributed by atoms with E-state index < -0.39 is 0 Å². The van der Waals surface area contributed by atoms with Crippen molar-refractivity contribution in [2.24, 2.45) is 11.8 Å². The van der Waals surface area contributed by atoms with Gasteiger partial charge in [0, 0.05) is 6.42 Å². The lowest BCUT2D eigenvalue weighted by Gasteiger charge is -2.27. The lowest BCUT2D eigenvalue weighted by atomic mass is 9.79. The highest BCUT2D eigenvalue weighted by Gasteiger charge is 2.38. The molecule has 0 aromatic rings. The minimum absolute atomic E-state index is 0.210. The fraction of sp³-hybridized carbons (Fsp3) is 0.818. The van der Waals surface area contributed by atoms with Gasteiger partial charge in [-0.05, 0) is 12.8 Å². The number of cyclic esters (lactones) is 2. The van der Waals surface area contributed by atoms with Gasteiger partial charge < -0.3 is 9.47 Å². The molecule has 2 rings (SSSR count). The lowest BCUT2D eigenvalue weighted by Crippen LogP contribution is -2.34. The van der Waals surface area contributed by atoms with Crippen LogP contribution in [0.1, 0.15) is 32.1 Å². The van der Waals surface area contributed by atoms with Gasteiger partial charge in [0.05, 0.1) is 25.0 Å². The zero-order chi connectivity index (χ0) is 10.7. The van der Waals surface area contributed by atoms with Crippen LogP contribution in [-0.4, -0.2) is 25.2 Å². The maximum absolute atomic E-state index is 11.7. The van der Waals surface area contributed by atoms with Gasteiger partial charge in [-0.2, -0.15) is 0 Å². The number of carbonyl (C=O) groups is 2. The van der Waals surface area contributed by atoms with Gasteiger partial charge in [-0.25, -0.2) is 0 Å². The Morgan fingerprint density at radius 2 is 1.27 bits per heavy atom. The van der Waals surface area contributed by atoms with Gasteiger partial charge in [-0.15, -0.1) is 0 Å². The maximum atomic E-state index is 11.7. The van der Waals surface area contributed by atoms with Gasteiger partial charge >= 0.3 is 11.9 Å². The van der Waals surface area contributed by atoms with Crippen LogP contribution in [0.2, 0.25) is 0 Å². The second-order valence-electron chi connectivity index (χ2n) is 4.19. The summed E-state index contributed by atoms with van der Waals surface area (Å²) in [6.07, 6.45) is 4.14. The number of esters is 2. The second kappa shape index (κ2) is 4.64. The molecular formula is C11H16O4. The quantitative estimate of drug-likeness (QED) is 0.568. The van der Waals surface area contributed by atoms with Gasteiger partial charge in [0.2, 0.25) is 0 Å². The van der Waals surface area contributed by atoms with Crippen LogP contribution in [-0.2, 0) is 19.1 Å². The summed E-state index contributed by atoms with van der Waals surface area (Å²) in [4.78, 5) is 23.3. The van der Waals surface area contributed by atoms with Crippen molar-refractivity contribution < 1.29 is 19.1 Å². The largest absolute Gasteiger partial charge is 0.465 e. The van der Waals surface area contributed by atoms with E-state index in [1.807, 2.05) is 0 Å². The first kappa shape index (κ1) is 10.5. The van der Waals surface area contributed by atoms with Crippen molar-refractivity contribution in [2.75, 3.05) is 13.2 Å². The Hall–Kier alpha value is -1.06. The van der Waals surface area contributed by atoms with E-state index in [1.165, 1.54) is 0 Å².